The average molecular weight is 482 g/mol. The zero-order valence-electron chi connectivity index (χ0n) is 19.2. The fourth-order valence-electron chi connectivity index (χ4n) is 2.96. The predicted octanol–water partition coefficient (Wildman–Crippen LogP) is 4.51. The summed E-state index contributed by atoms with van der Waals surface area (Å²) >= 11 is 1.40. The molecule has 0 saturated carbocycles. The minimum Gasteiger partial charge on any atom is -0.493 e. The van der Waals surface area contributed by atoms with Gasteiger partial charge in [-0.15, -0.1) is 0 Å². The van der Waals surface area contributed by atoms with Crippen molar-refractivity contribution in [3.05, 3.63) is 76.0 Å². The summed E-state index contributed by atoms with van der Waals surface area (Å²) in [6.07, 6.45) is 0.895. The summed E-state index contributed by atoms with van der Waals surface area (Å²) in [6, 6.07) is 13.0. The lowest BCUT2D eigenvalue weighted by molar-refractivity contribution is 0.0846. The van der Waals surface area contributed by atoms with Crippen molar-refractivity contribution in [2.24, 2.45) is 5.92 Å². The first-order chi connectivity index (χ1) is 16.4. The fraction of sp³-hybridized carbons (Fsp3) is 0.240. The molecule has 0 atom stereocenters. The van der Waals surface area contributed by atoms with Crippen LogP contribution < -0.4 is 25.6 Å². The van der Waals surface area contributed by atoms with Gasteiger partial charge in [0.15, 0.2) is 11.5 Å². The van der Waals surface area contributed by atoms with Crippen LogP contribution in [0.15, 0.2) is 59.3 Å². The van der Waals surface area contributed by atoms with E-state index in [2.05, 4.69) is 30.0 Å². The number of hydrogen-bond donors (Lipinski definition) is 3. The van der Waals surface area contributed by atoms with Crippen LogP contribution in [0.2, 0.25) is 0 Å². The molecule has 0 unspecified atom stereocenters. The van der Waals surface area contributed by atoms with Gasteiger partial charge in [0.2, 0.25) is 0 Å². The van der Waals surface area contributed by atoms with Crippen molar-refractivity contribution < 1.29 is 23.9 Å². The maximum absolute atomic E-state index is 12.7. The first-order valence-corrected chi connectivity index (χ1v) is 11.7. The van der Waals surface area contributed by atoms with Crippen LogP contribution in [0.25, 0.3) is 0 Å². The van der Waals surface area contributed by atoms with Crippen molar-refractivity contribution in [3.8, 4) is 11.5 Å². The van der Waals surface area contributed by atoms with Gasteiger partial charge in [-0.25, -0.2) is 0 Å². The summed E-state index contributed by atoms with van der Waals surface area (Å²) in [5, 5.41) is 6.23. The molecule has 0 spiro atoms. The number of carbonyl (C=O) groups excluding carboxylic acids is 3. The summed E-state index contributed by atoms with van der Waals surface area (Å²) in [5.41, 5.74) is 6.09. The summed E-state index contributed by atoms with van der Waals surface area (Å²) in [6.45, 7) is 4.76. The molecule has 3 rings (SSSR count). The quantitative estimate of drug-likeness (QED) is 0.390. The third kappa shape index (κ3) is 6.58. The normalized spacial score (nSPS) is 10.5. The molecule has 8 nitrogen and oxygen atoms in total. The van der Waals surface area contributed by atoms with Gasteiger partial charge in [0.1, 0.15) is 0 Å². The van der Waals surface area contributed by atoms with Gasteiger partial charge < -0.3 is 14.8 Å². The molecule has 9 heteroatoms. The number of para-hydroxylation sites is 1. The van der Waals surface area contributed by atoms with Crippen molar-refractivity contribution in [2.75, 3.05) is 19.0 Å². The summed E-state index contributed by atoms with van der Waals surface area (Å²) in [5.74, 6) is 0.0423. The molecule has 0 bridgehead atoms. The van der Waals surface area contributed by atoms with Gasteiger partial charge >= 0.3 is 0 Å². The molecule has 3 aromatic rings. The lowest BCUT2D eigenvalue weighted by Gasteiger charge is -2.14. The van der Waals surface area contributed by atoms with Crippen LogP contribution >= 0.6 is 11.3 Å². The Bertz CT molecular complexity index is 1150. The Balaban J connectivity index is 1.63. The number of benzene rings is 2. The molecule has 0 aliphatic rings. The number of nitrogens with one attached hydrogen (secondary N) is 3. The highest BCUT2D eigenvalue weighted by molar-refractivity contribution is 7.08. The molecule has 0 aliphatic carbocycles. The van der Waals surface area contributed by atoms with E-state index >= 15 is 0 Å². The molecule has 3 amide bonds. The lowest BCUT2D eigenvalue weighted by Crippen LogP contribution is -2.41. The third-order valence-corrected chi connectivity index (χ3v) is 5.55. The SMILES string of the molecule is COc1cc(C(=O)NNC(=O)c2ccccc2NC(=O)c2ccsc2)ccc1OCCC(C)C. The van der Waals surface area contributed by atoms with Gasteiger partial charge in [0, 0.05) is 10.9 Å². The number of carbonyl (C=O) groups is 3. The first-order valence-electron chi connectivity index (χ1n) is 10.7. The fourth-order valence-corrected chi connectivity index (χ4v) is 3.60. The number of ether oxygens (including phenoxy) is 2. The Labute approximate surface area is 202 Å². The van der Waals surface area contributed by atoms with E-state index < -0.39 is 11.8 Å². The van der Waals surface area contributed by atoms with E-state index in [0.29, 0.717) is 35.3 Å². The zero-order chi connectivity index (χ0) is 24.5. The van der Waals surface area contributed by atoms with E-state index in [1.54, 1.807) is 59.3 Å². The van der Waals surface area contributed by atoms with E-state index in [1.165, 1.54) is 18.4 Å². The van der Waals surface area contributed by atoms with Crippen LogP contribution in [0.4, 0.5) is 5.69 Å². The largest absolute Gasteiger partial charge is 0.493 e. The second-order valence-corrected chi connectivity index (χ2v) is 8.60. The summed E-state index contributed by atoms with van der Waals surface area (Å²) < 4.78 is 11.1. The van der Waals surface area contributed by atoms with Crippen LogP contribution in [0.5, 0.6) is 11.5 Å². The number of hydrogen-bond acceptors (Lipinski definition) is 6. The third-order valence-electron chi connectivity index (χ3n) is 4.87. The number of anilines is 1. The molecular weight excluding hydrogens is 454 g/mol. The first kappa shape index (κ1) is 24.8. The average Bonchev–Trinajstić information content (AvgIpc) is 3.38. The Kier molecular flexibility index (Phi) is 8.64. The van der Waals surface area contributed by atoms with Crippen molar-refractivity contribution in [1.29, 1.82) is 0 Å². The number of rotatable bonds is 9. The molecule has 1 heterocycles. The Morgan fingerprint density at radius 1 is 0.912 bits per heavy atom. The maximum Gasteiger partial charge on any atom is 0.271 e. The smallest absolute Gasteiger partial charge is 0.271 e. The molecule has 0 radical (unpaired) electrons. The Morgan fingerprint density at radius 2 is 1.68 bits per heavy atom. The lowest BCUT2D eigenvalue weighted by atomic mass is 10.1. The van der Waals surface area contributed by atoms with Crippen molar-refractivity contribution in [1.82, 2.24) is 10.9 Å². The zero-order valence-corrected chi connectivity index (χ0v) is 20.0. The molecule has 34 heavy (non-hydrogen) atoms. The maximum atomic E-state index is 12.7. The van der Waals surface area contributed by atoms with Gasteiger partial charge in [0.05, 0.1) is 30.5 Å². The predicted molar refractivity (Wildman–Crippen MR) is 132 cm³/mol. The highest BCUT2D eigenvalue weighted by Gasteiger charge is 2.16. The number of amides is 3. The van der Waals surface area contributed by atoms with E-state index in [1.807, 2.05) is 0 Å². The molecular formula is C25H27N3O5S. The molecule has 1 aromatic heterocycles. The Hall–Kier alpha value is -3.85. The molecule has 3 N–H and O–H groups in total. The Morgan fingerprint density at radius 3 is 2.38 bits per heavy atom. The minimum absolute atomic E-state index is 0.206. The van der Waals surface area contributed by atoms with Crippen molar-refractivity contribution in [3.63, 3.8) is 0 Å². The second-order valence-electron chi connectivity index (χ2n) is 7.82. The highest BCUT2D eigenvalue weighted by atomic mass is 32.1. The van der Waals surface area contributed by atoms with Crippen LogP contribution in [-0.4, -0.2) is 31.4 Å². The number of thiophene rings is 1. The van der Waals surface area contributed by atoms with Gasteiger partial charge in [-0.1, -0.05) is 26.0 Å². The van der Waals surface area contributed by atoms with Crippen molar-refractivity contribution in [2.45, 2.75) is 20.3 Å². The summed E-state index contributed by atoms with van der Waals surface area (Å²) in [7, 11) is 1.50. The molecule has 2 aromatic carbocycles. The number of methoxy groups -OCH3 is 1. The van der Waals surface area contributed by atoms with E-state index in [4.69, 9.17) is 9.47 Å². The van der Waals surface area contributed by atoms with Gasteiger partial charge in [-0.3, -0.25) is 25.2 Å². The molecule has 0 fully saturated rings. The second kappa shape index (κ2) is 11.9. The van der Waals surface area contributed by atoms with Crippen LogP contribution in [0, 0.1) is 5.92 Å². The highest BCUT2D eigenvalue weighted by Crippen LogP contribution is 2.28. The molecule has 178 valence electrons. The van der Waals surface area contributed by atoms with Gasteiger partial charge in [0.25, 0.3) is 17.7 Å². The van der Waals surface area contributed by atoms with E-state index in [0.717, 1.165) is 6.42 Å². The van der Waals surface area contributed by atoms with Crippen molar-refractivity contribution >= 4 is 34.7 Å². The summed E-state index contributed by atoms with van der Waals surface area (Å²) in [4.78, 5) is 37.7. The number of hydrazine groups is 1. The molecule has 0 aliphatic heterocycles. The monoisotopic (exact) mass is 481 g/mol. The van der Waals surface area contributed by atoms with Gasteiger partial charge in [-0.05, 0) is 54.1 Å². The topological polar surface area (TPSA) is 106 Å². The van der Waals surface area contributed by atoms with Crippen LogP contribution in [-0.2, 0) is 0 Å². The van der Waals surface area contributed by atoms with Crippen LogP contribution in [0.1, 0.15) is 51.3 Å². The van der Waals surface area contributed by atoms with E-state index in [9.17, 15) is 14.4 Å². The van der Waals surface area contributed by atoms with E-state index in [-0.39, 0.29) is 17.0 Å². The molecule has 0 saturated heterocycles. The van der Waals surface area contributed by atoms with Crippen LogP contribution in [0.3, 0.4) is 0 Å². The minimum atomic E-state index is -0.574. The standard InChI is InChI=1S/C25H27N3O5S/c1-16(2)10-12-33-21-9-8-17(14-22(21)32-3)24(30)27-28-25(31)19-6-4-5-7-20(19)26-23(29)18-11-13-34-15-18/h4-9,11,13-16H,10,12H2,1-3H3,(H,26,29)(H,27,30)(H,28,31). The van der Waals surface area contributed by atoms with Gasteiger partial charge in [-0.2, -0.15) is 11.3 Å².